The Bertz CT molecular complexity index is 971. The number of benzene rings is 1. The van der Waals surface area contributed by atoms with E-state index in [0.29, 0.717) is 5.56 Å². The summed E-state index contributed by atoms with van der Waals surface area (Å²) in [6.07, 6.45) is 1.22. The van der Waals surface area contributed by atoms with Gasteiger partial charge in [0.1, 0.15) is 17.1 Å². The van der Waals surface area contributed by atoms with Gasteiger partial charge in [-0.25, -0.2) is 9.37 Å². The number of nitrogens with one attached hydrogen (secondary N) is 1. The summed E-state index contributed by atoms with van der Waals surface area (Å²) in [5.41, 5.74) is 0.437. The van der Waals surface area contributed by atoms with Gasteiger partial charge < -0.3 is 4.98 Å². The van der Waals surface area contributed by atoms with E-state index in [0.717, 1.165) is 17.3 Å². The predicted octanol–water partition coefficient (Wildman–Crippen LogP) is 4.98. The summed E-state index contributed by atoms with van der Waals surface area (Å²) < 4.78 is 54.2. The topological polar surface area (TPSA) is 41.6 Å². The van der Waals surface area contributed by atoms with E-state index in [2.05, 4.69) is 21.1 Å². The van der Waals surface area contributed by atoms with Crippen LogP contribution in [0.3, 0.4) is 0 Å². The number of alkyl halides is 3. The SMILES string of the molecule is Cc1[c]ncc(-c2ccc(-c3ncc(C4(C(F)(F)F)CC4)[nH]3)c(F)c2)c1. The maximum Gasteiger partial charge on any atom is 0.399 e. The van der Waals surface area contributed by atoms with Crippen LogP contribution in [0.5, 0.6) is 0 Å². The number of halogens is 4. The molecule has 0 spiro atoms. The number of hydrogen-bond donors (Lipinski definition) is 1. The number of hydrogen-bond acceptors (Lipinski definition) is 2. The molecule has 1 radical (unpaired) electrons. The molecule has 1 aliphatic rings. The number of aryl methyl sites for hydroxylation is 1. The van der Waals surface area contributed by atoms with Crippen molar-refractivity contribution in [1.82, 2.24) is 15.0 Å². The fourth-order valence-electron chi connectivity index (χ4n) is 3.08. The van der Waals surface area contributed by atoms with Crippen molar-refractivity contribution in [2.75, 3.05) is 0 Å². The van der Waals surface area contributed by atoms with Gasteiger partial charge in [-0.05, 0) is 49.1 Å². The van der Waals surface area contributed by atoms with Crippen LogP contribution >= 0.6 is 0 Å². The Balaban J connectivity index is 1.68. The number of H-pyrrole nitrogens is 1. The van der Waals surface area contributed by atoms with Crippen molar-refractivity contribution in [2.24, 2.45) is 0 Å². The van der Waals surface area contributed by atoms with Crippen molar-refractivity contribution in [3.05, 3.63) is 59.9 Å². The van der Waals surface area contributed by atoms with Crippen LogP contribution < -0.4 is 0 Å². The molecule has 2 heterocycles. The first-order valence-electron chi connectivity index (χ1n) is 8.07. The lowest BCUT2D eigenvalue weighted by Gasteiger charge is -2.17. The first-order chi connectivity index (χ1) is 12.3. The van der Waals surface area contributed by atoms with E-state index in [1.807, 2.05) is 13.0 Å². The number of rotatable bonds is 3. The van der Waals surface area contributed by atoms with Crippen molar-refractivity contribution in [3.63, 3.8) is 0 Å². The predicted molar refractivity (Wildman–Crippen MR) is 87.8 cm³/mol. The normalized spacial score (nSPS) is 15.9. The molecule has 1 fully saturated rings. The van der Waals surface area contributed by atoms with Gasteiger partial charge in [-0.3, -0.25) is 4.98 Å². The molecule has 0 bridgehead atoms. The van der Waals surface area contributed by atoms with Gasteiger partial charge in [0.25, 0.3) is 0 Å². The minimum atomic E-state index is -4.34. The lowest BCUT2D eigenvalue weighted by Crippen LogP contribution is -2.28. The van der Waals surface area contributed by atoms with Crippen LogP contribution in [0, 0.1) is 18.9 Å². The molecule has 1 aliphatic carbocycles. The van der Waals surface area contributed by atoms with Crippen molar-refractivity contribution < 1.29 is 17.6 Å². The van der Waals surface area contributed by atoms with Crippen LogP contribution in [-0.2, 0) is 5.41 Å². The Morgan fingerprint density at radius 1 is 1.12 bits per heavy atom. The zero-order valence-corrected chi connectivity index (χ0v) is 13.8. The fraction of sp³-hybridized carbons (Fsp3) is 0.263. The number of imidazole rings is 1. The van der Waals surface area contributed by atoms with Gasteiger partial charge >= 0.3 is 6.18 Å². The highest BCUT2D eigenvalue weighted by atomic mass is 19.4. The summed E-state index contributed by atoms with van der Waals surface area (Å²) >= 11 is 0. The van der Waals surface area contributed by atoms with Crippen LogP contribution in [0.1, 0.15) is 24.1 Å². The van der Waals surface area contributed by atoms with E-state index >= 15 is 0 Å². The van der Waals surface area contributed by atoms with Gasteiger partial charge in [-0.15, -0.1) is 0 Å². The van der Waals surface area contributed by atoms with Crippen molar-refractivity contribution in [3.8, 4) is 22.5 Å². The molecule has 0 atom stereocenters. The highest BCUT2D eigenvalue weighted by Gasteiger charge is 2.65. The second-order valence-electron chi connectivity index (χ2n) is 6.57. The van der Waals surface area contributed by atoms with Gasteiger partial charge in [0.15, 0.2) is 0 Å². The highest BCUT2D eigenvalue weighted by Crippen LogP contribution is 2.58. The average molecular weight is 360 g/mol. The molecule has 133 valence electrons. The van der Waals surface area contributed by atoms with Gasteiger partial charge in [0, 0.05) is 18.0 Å². The minimum absolute atomic E-state index is 0.0121. The Morgan fingerprint density at radius 2 is 1.88 bits per heavy atom. The zero-order valence-electron chi connectivity index (χ0n) is 13.8. The molecule has 2 aromatic heterocycles. The third-order valence-corrected chi connectivity index (χ3v) is 4.76. The first kappa shape index (κ1) is 16.8. The third-order valence-electron chi connectivity index (χ3n) is 4.76. The number of aromatic amines is 1. The molecular weight excluding hydrogens is 346 g/mol. The molecule has 1 N–H and O–H groups in total. The van der Waals surface area contributed by atoms with Crippen molar-refractivity contribution in [1.29, 1.82) is 0 Å². The lowest BCUT2D eigenvalue weighted by atomic mass is 10.0. The standard InChI is InChI=1S/C19H14F4N3/c1-11-6-13(9-24-8-11)12-2-3-14(15(20)7-12)17-25-10-16(26-17)18(4-5-18)19(21,22)23/h2-3,6-7,9-10H,4-5H2,1H3,(H,25,26). The number of pyridine rings is 1. The summed E-state index contributed by atoms with van der Waals surface area (Å²) in [6.45, 7) is 1.83. The Kier molecular flexibility index (Phi) is 3.64. The van der Waals surface area contributed by atoms with E-state index in [-0.39, 0.29) is 29.9 Å². The molecule has 1 aromatic carbocycles. The number of aromatic nitrogens is 3. The Hall–Kier alpha value is -2.70. The van der Waals surface area contributed by atoms with Crippen LogP contribution in [0.2, 0.25) is 0 Å². The molecule has 3 aromatic rings. The molecule has 0 unspecified atom stereocenters. The summed E-state index contributed by atoms with van der Waals surface area (Å²) in [4.78, 5) is 10.6. The van der Waals surface area contributed by atoms with Crippen LogP contribution in [0.25, 0.3) is 22.5 Å². The highest BCUT2D eigenvalue weighted by molar-refractivity contribution is 5.68. The maximum absolute atomic E-state index is 14.6. The van der Waals surface area contributed by atoms with E-state index < -0.39 is 17.4 Å². The summed E-state index contributed by atoms with van der Waals surface area (Å²) in [5, 5.41) is 0. The minimum Gasteiger partial charge on any atom is -0.341 e. The van der Waals surface area contributed by atoms with Crippen molar-refractivity contribution >= 4 is 0 Å². The van der Waals surface area contributed by atoms with Crippen molar-refractivity contribution in [2.45, 2.75) is 31.4 Å². The third kappa shape index (κ3) is 2.67. The first-order valence-corrected chi connectivity index (χ1v) is 8.07. The van der Waals surface area contributed by atoms with Crippen LogP contribution in [0.4, 0.5) is 17.6 Å². The van der Waals surface area contributed by atoms with Gasteiger partial charge in [0.2, 0.25) is 0 Å². The molecule has 1 saturated carbocycles. The monoisotopic (exact) mass is 360 g/mol. The zero-order chi connectivity index (χ0) is 18.5. The van der Waals surface area contributed by atoms with E-state index in [1.165, 1.54) is 12.1 Å². The molecule has 0 aliphatic heterocycles. The van der Waals surface area contributed by atoms with E-state index in [1.54, 1.807) is 12.3 Å². The number of nitrogens with zero attached hydrogens (tertiary/aromatic N) is 2. The van der Waals surface area contributed by atoms with Gasteiger partial charge in [0.05, 0.1) is 17.5 Å². The van der Waals surface area contributed by atoms with E-state index in [9.17, 15) is 17.6 Å². The molecule has 7 heteroatoms. The smallest absolute Gasteiger partial charge is 0.341 e. The molecule has 0 saturated heterocycles. The van der Waals surface area contributed by atoms with Gasteiger partial charge in [-0.1, -0.05) is 6.07 Å². The fourth-order valence-corrected chi connectivity index (χ4v) is 3.08. The molecular formula is C19H14F4N3. The quantitative estimate of drug-likeness (QED) is 0.669. The largest absolute Gasteiger partial charge is 0.399 e. The summed E-state index contributed by atoms with van der Waals surface area (Å²) in [5.74, 6) is -0.471. The van der Waals surface area contributed by atoms with E-state index in [4.69, 9.17) is 0 Å². The Morgan fingerprint density at radius 3 is 2.50 bits per heavy atom. The van der Waals surface area contributed by atoms with Gasteiger partial charge in [-0.2, -0.15) is 13.2 Å². The molecule has 26 heavy (non-hydrogen) atoms. The Labute approximate surface area is 147 Å². The molecule has 3 nitrogen and oxygen atoms in total. The maximum atomic E-state index is 14.6. The molecule has 4 rings (SSSR count). The summed E-state index contributed by atoms with van der Waals surface area (Å²) in [7, 11) is 0. The average Bonchev–Trinajstić information content (AvgIpc) is 3.27. The second-order valence-corrected chi connectivity index (χ2v) is 6.57. The summed E-state index contributed by atoms with van der Waals surface area (Å²) in [6, 6.07) is 6.34. The molecule has 0 amide bonds. The van der Waals surface area contributed by atoms with Crippen LogP contribution in [-0.4, -0.2) is 21.1 Å². The van der Waals surface area contributed by atoms with Crippen LogP contribution in [0.15, 0.2) is 36.7 Å². The lowest BCUT2D eigenvalue weighted by molar-refractivity contribution is -0.161. The second kappa shape index (κ2) is 5.65.